The van der Waals surface area contributed by atoms with Crippen molar-refractivity contribution in [3.63, 3.8) is 0 Å². The summed E-state index contributed by atoms with van der Waals surface area (Å²) in [4.78, 5) is 15.5. The van der Waals surface area contributed by atoms with Crippen LogP contribution in [-0.2, 0) is 13.7 Å². The molecule has 0 N–H and O–H groups in total. The summed E-state index contributed by atoms with van der Waals surface area (Å²) in [5.74, 6) is -0.488. The van der Waals surface area contributed by atoms with Crippen LogP contribution < -0.4 is 4.90 Å². The molecule has 0 saturated carbocycles. The van der Waals surface area contributed by atoms with Crippen molar-refractivity contribution in [2.45, 2.75) is 13.6 Å². The van der Waals surface area contributed by atoms with E-state index >= 15 is 0 Å². The topological polar surface area (TPSA) is 59.2 Å². The molecule has 1 aromatic carbocycles. The molecule has 0 atom stereocenters. The Morgan fingerprint density at radius 3 is 2.50 bits per heavy atom. The normalized spacial score (nSPS) is 15.7. The van der Waals surface area contributed by atoms with Gasteiger partial charge in [0.1, 0.15) is 5.82 Å². The maximum Gasteiger partial charge on any atom is 0.216 e. The molecule has 7 nitrogen and oxygen atoms in total. The van der Waals surface area contributed by atoms with Crippen molar-refractivity contribution in [2.24, 2.45) is 7.05 Å². The summed E-state index contributed by atoms with van der Waals surface area (Å²) in [5.41, 5.74) is 0.933. The van der Waals surface area contributed by atoms with Gasteiger partial charge >= 0.3 is 0 Å². The van der Waals surface area contributed by atoms with Crippen LogP contribution in [0.3, 0.4) is 0 Å². The third kappa shape index (κ3) is 3.36. The molecular formula is C15H19FN6OS. The molecule has 3 rings (SSSR count). The molecule has 2 heterocycles. The molecule has 24 heavy (non-hydrogen) atoms. The first-order valence-corrected chi connectivity index (χ1v) is 8.11. The molecule has 1 aromatic heterocycles. The van der Waals surface area contributed by atoms with Crippen LogP contribution in [0.5, 0.6) is 0 Å². The van der Waals surface area contributed by atoms with Gasteiger partial charge in [0.2, 0.25) is 4.77 Å². The van der Waals surface area contributed by atoms with Gasteiger partial charge in [0.05, 0.1) is 12.4 Å². The number of ketones is 1. The first kappa shape index (κ1) is 16.7. The summed E-state index contributed by atoms with van der Waals surface area (Å²) >= 11 is 5.23. The zero-order chi connectivity index (χ0) is 17.3. The summed E-state index contributed by atoms with van der Waals surface area (Å²) in [7, 11) is 1.76. The summed E-state index contributed by atoms with van der Waals surface area (Å²) < 4.78 is 18.0. The van der Waals surface area contributed by atoms with Crippen LogP contribution >= 0.6 is 12.2 Å². The molecule has 1 aliphatic heterocycles. The van der Waals surface area contributed by atoms with E-state index in [4.69, 9.17) is 12.2 Å². The molecular weight excluding hydrogens is 331 g/mol. The third-order valence-corrected chi connectivity index (χ3v) is 4.66. The Balaban J connectivity index is 1.64. The summed E-state index contributed by atoms with van der Waals surface area (Å²) in [6.07, 6.45) is 0. The van der Waals surface area contributed by atoms with E-state index in [0.29, 0.717) is 35.8 Å². The van der Waals surface area contributed by atoms with Crippen molar-refractivity contribution in [3.05, 3.63) is 34.4 Å². The summed E-state index contributed by atoms with van der Waals surface area (Å²) in [6.45, 7) is 4.95. The van der Waals surface area contributed by atoms with Gasteiger partial charge in [0.25, 0.3) is 0 Å². The van der Waals surface area contributed by atoms with Crippen molar-refractivity contribution in [1.82, 2.24) is 24.7 Å². The zero-order valence-electron chi connectivity index (χ0n) is 13.6. The third-order valence-electron chi connectivity index (χ3n) is 4.18. The maximum absolute atomic E-state index is 14.2. The second kappa shape index (κ2) is 6.78. The van der Waals surface area contributed by atoms with Crippen LogP contribution in [0.4, 0.5) is 10.1 Å². The highest BCUT2D eigenvalue weighted by molar-refractivity contribution is 7.71. The first-order valence-electron chi connectivity index (χ1n) is 7.70. The van der Waals surface area contributed by atoms with Crippen molar-refractivity contribution in [2.75, 3.05) is 31.1 Å². The van der Waals surface area contributed by atoms with Crippen LogP contribution in [0, 0.1) is 10.6 Å². The number of anilines is 1. The van der Waals surface area contributed by atoms with E-state index < -0.39 is 0 Å². The molecule has 0 spiro atoms. The molecule has 0 aliphatic carbocycles. The number of carbonyl (C=O) groups is 1. The largest absolute Gasteiger partial charge is 0.367 e. The molecule has 0 unspecified atom stereocenters. The first-order chi connectivity index (χ1) is 11.5. The van der Waals surface area contributed by atoms with Crippen LogP contribution in [0.1, 0.15) is 17.3 Å². The van der Waals surface area contributed by atoms with Gasteiger partial charge < -0.3 is 4.90 Å². The lowest BCUT2D eigenvalue weighted by molar-refractivity contribution is 0.101. The number of nitrogens with zero attached hydrogens (tertiary/aromatic N) is 6. The average molecular weight is 350 g/mol. The number of carbonyl (C=O) groups excluding carboxylic acids is 1. The monoisotopic (exact) mass is 350 g/mol. The predicted octanol–water partition coefficient (Wildman–Crippen LogP) is 1.47. The number of hydrogen-bond acceptors (Lipinski definition) is 6. The van der Waals surface area contributed by atoms with Crippen LogP contribution in [0.25, 0.3) is 0 Å². The molecule has 0 radical (unpaired) electrons. The Morgan fingerprint density at radius 1 is 1.25 bits per heavy atom. The lowest BCUT2D eigenvalue weighted by atomic mass is 10.1. The Morgan fingerprint density at radius 2 is 1.96 bits per heavy atom. The fourth-order valence-electron chi connectivity index (χ4n) is 2.74. The van der Waals surface area contributed by atoms with Gasteiger partial charge in [-0.15, -0.1) is 0 Å². The van der Waals surface area contributed by atoms with Crippen molar-refractivity contribution in [1.29, 1.82) is 0 Å². The summed E-state index contributed by atoms with van der Waals surface area (Å²) in [6, 6.07) is 4.66. The van der Waals surface area contributed by atoms with Gasteiger partial charge in [-0.05, 0) is 47.8 Å². The van der Waals surface area contributed by atoms with Crippen LogP contribution in [-0.4, -0.2) is 56.7 Å². The number of Topliss-reactive ketones (excluding diaryl/α,β-unsaturated/α-hetero) is 1. The van der Waals surface area contributed by atoms with Crippen molar-refractivity contribution >= 4 is 23.7 Å². The minimum atomic E-state index is -0.354. The molecule has 1 fully saturated rings. The van der Waals surface area contributed by atoms with Gasteiger partial charge in [-0.25, -0.2) is 13.8 Å². The molecule has 2 aromatic rings. The van der Waals surface area contributed by atoms with Crippen LogP contribution in [0.15, 0.2) is 18.2 Å². The van der Waals surface area contributed by atoms with E-state index in [9.17, 15) is 9.18 Å². The lowest BCUT2D eigenvalue weighted by Gasteiger charge is -2.35. The van der Waals surface area contributed by atoms with E-state index in [1.165, 1.54) is 13.0 Å². The van der Waals surface area contributed by atoms with Gasteiger partial charge in [0, 0.05) is 38.8 Å². The lowest BCUT2D eigenvalue weighted by Crippen LogP contribution is -2.47. The Hall–Kier alpha value is -2.13. The van der Waals surface area contributed by atoms with E-state index in [0.717, 1.165) is 13.1 Å². The van der Waals surface area contributed by atoms with E-state index in [1.807, 2.05) is 4.90 Å². The van der Waals surface area contributed by atoms with E-state index in [1.54, 1.807) is 28.5 Å². The molecule has 0 bridgehead atoms. The number of hydrogen-bond donors (Lipinski definition) is 0. The minimum Gasteiger partial charge on any atom is -0.367 e. The van der Waals surface area contributed by atoms with Gasteiger partial charge in [-0.3, -0.25) is 9.69 Å². The molecule has 1 saturated heterocycles. The van der Waals surface area contributed by atoms with E-state index in [2.05, 4.69) is 15.3 Å². The average Bonchev–Trinajstić information content (AvgIpc) is 2.88. The summed E-state index contributed by atoms with van der Waals surface area (Å²) in [5, 5.41) is 7.89. The van der Waals surface area contributed by atoms with Crippen molar-refractivity contribution in [3.8, 4) is 0 Å². The molecule has 9 heteroatoms. The fraction of sp³-hybridized carbons (Fsp3) is 0.467. The van der Waals surface area contributed by atoms with E-state index in [-0.39, 0.29) is 11.6 Å². The Kier molecular flexibility index (Phi) is 4.72. The molecule has 128 valence electrons. The quantitative estimate of drug-likeness (QED) is 0.615. The second-order valence-electron chi connectivity index (χ2n) is 5.85. The Labute approximate surface area is 144 Å². The SMILES string of the molecule is CC(=O)c1ccc(N2CCN(Cn3nnn(C)c3=S)CC2)c(F)c1. The highest BCUT2D eigenvalue weighted by atomic mass is 32.1. The number of halogens is 1. The number of aryl methyl sites for hydroxylation is 1. The maximum atomic E-state index is 14.2. The Bertz CT molecular complexity index is 809. The van der Waals surface area contributed by atoms with Gasteiger partial charge in [-0.2, -0.15) is 0 Å². The number of benzene rings is 1. The number of aromatic nitrogens is 4. The smallest absolute Gasteiger partial charge is 0.216 e. The molecule has 0 amide bonds. The van der Waals surface area contributed by atoms with Gasteiger partial charge in [-0.1, -0.05) is 0 Å². The number of piperazine rings is 1. The zero-order valence-corrected chi connectivity index (χ0v) is 14.5. The second-order valence-corrected chi connectivity index (χ2v) is 6.22. The number of tetrazole rings is 1. The fourth-order valence-corrected chi connectivity index (χ4v) is 2.87. The van der Waals surface area contributed by atoms with Crippen LogP contribution in [0.2, 0.25) is 0 Å². The van der Waals surface area contributed by atoms with Gasteiger partial charge in [0.15, 0.2) is 5.78 Å². The highest BCUT2D eigenvalue weighted by Gasteiger charge is 2.20. The minimum absolute atomic E-state index is 0.133. The number of rotatable bonds is 4. The standard InChI is InChI=1S/C15H19FN6OS/c1-11(23)12-3-4-14(13(16)9-12)21-7-5-20(6-8-21)10-22-15(24)19(2)17-18-22/h3-4,9H,5-8,10H2,1-2H3. The highest BCUT2D eigenvalue weighted by Crippen LogP contribution is 2.22. The van der Waals surface area contributed by atoms with Crippen molar-refractivity contribution < 1.29 is 9.18 Å². The molecule has 1 aliphatic rings. The predicted molar refractivity (Wildman–Crippen MR) is 90.0 cm³/mol.